The molecule has 0 unspecified atom stereocenters. The molecule has 0 aromatic heterocycles. The van der Waals surface area contributed by atoms with E-state index in [-0.39, 0.29) is 17.6 Å². The standard InChI is InChI=1S/C27H34N2O4/c1-3-21-9-6-7-10-23(21)27(32)28-24-13-12-20(2)19-25(24)33-18-8-4-5-11-26(31)29-16-14-22(30)15-17-29/h6-7,9-10,12-13,19H,3-5,8,11,14-18H2,1-2H3,(H,28,32). The molecule has 0 radical (unpaired) electrons. The van der Waals surface area contributed by atoms with Crippen molar-refractivity contribution in [1.29, 1.82) is 0 Å². The first-order chi connectivity index (χ1) is 16.0. The van der Waals surface area contributed by atoms with Crippen molar-refractivity contribution >= 4 is 23.3 Å². The van der Waals surface area contributed by atoms with Gasteiger partial charge in [-0.25, -0.2) is 0 Å². The molecule has 33 heavy (non-hydrogen) atoms. The van der Waals surface area contributed by atoms with Crippen LogP contribution in [-0.2, 0) is 16.0 Å². The average Bonchev–Trinajstić information content (AvgIpc) is 2.83. The maximum absolute atomic E-state index is 12.8. The van der Waals surface area contributed by atoms with E-state index in [1.807, 2.05) is 56.3 Å². The summed E-state index contributed by atoms with van der Waals surface area (Å²) >= 11 is 0. The summed E-state index contributed by atoms with van der Waals surface area (Å²) in [4.78, 5) is 38.2. The molecule has 0 spiro atoms. The quantitative estimate of drug-likeness (QED) is 0.520. The number of aryl methyl sites for hydroxylation is 2. The van der Waals surface area contributed by atoms with Crippen LogP contribution in [0.5, 0.6) is 5.75 Å². The van der Waals surface area contributed by atoms with Gasteiger partial charge in [-0.05, 0) is 61.9 Å². The number of amides is 2. The van der Waals surface area contributed by atoms with E-state index in [2.05, 4.69) is 5.32 Å². The number of ether oxygens (including phenoxy) is 1. The topological polar surface area (TPSA) is 75.7 Å². The van der Waals surface area contributed by atoms with Gasteiger partial charge in [-0.15, -0.1) is 0 Å². The first-order valence-corrected chi connectivity index (χ1v) is 11.9. The van der Waals surface area contributed by atoms with Gasteiger partial charge < -0.3 is 15.0 Å². The molecular weight excluding hydrogens is 416 g/mol. The number of nitrogens with one attached hydrogen (secondary N) is 1. The molecule has 6 nitrogen and oxygen atoms in total. The molecule has 1 N–H and O–H groups in total. The molecule has 0 bridgehead atoms. The molecule has 1 heterocycles. The zero-order valence-corrected chi connectivity index (χ0v) is 19.7. The normalized spacial score (nSPS) is 13.6. The van der Waals surface area contributed by atoms with Crippen LogP contribution in [0.25, 0.3) is 0 Å². The van der Waals surface area contributed by atoms with Gasteiger partial charge in [0.05, 0.1) is 12.3 Å². The number of Topliss-reactive ketones (excluding diaryl/α,β-unsaturated/α-hetero) is 1. The third-order valence-corrected chi connectivity index (χ3v) is 5.99. The molecule has 6 heteroatoms. The summed E-state index contributed by atoms with van der Waals surface area (Å²) in [6, 6.07) is 13.4. The van der Waals surface area contributed by atoms with Crippen LogP contribution in [-0.4, -0.2) is 42.2 Å². The summed E-state index contributed by atoms with van der Waals surface area (Å²) < 4.78 is 6.00. The Morgan fingerprint density at radius 1 is 1.03 bits per heavy atom. The second kappa shape index (κ2) is 12.2. The van der Waals surface area contributed by atoms with Crippen molar-refractivity contribution in [2.75, 3.05) is 25.0 Å². The number of likely N-dealkylation sites (tertiary alicyclic amines) is 1. The Labute approximate surface area is 196 Å². The minimum absolute atomic E-state index is 0.138. The van der Waals surface area contributed by atoms with E-state index in [1.54, 1.807) is 4.90 Å². The lowest BCUT2D eigenvalue weighted by Gasteiger charge is -2.26. The lowest BCUT2D eigenvalue weighted by atomic mass is 10.0. The molecule has 2 amide bonds. The molecular formula is C27H34N2O4. The molecule has 1 aliphatic heterocycles. The number of carbonyl (C=O) groups is 3. The number of hydrogen-bond donors (Lipinski definition) is 1. The van der Waals surface area contributed by atoms with Gasteiger partial charge in [-0.2, -0.15) is 0 Å². The number of benzene rings is 2. The second-order valence-corrected chi connectivity index (χ2v) is 8.54. The van der Waals surface area contributed by atoms with E-state index >= 15 is 0 Å². The summed E-state index contributed by atoms with van der Waals surface area (Å²) in [5.41, 5.74) is 3.40. The van der Waals surface area contributed by atoms with Gasteiger partial charge in [-0.1, -0.05) is 31.2 Å². The number of unbranched alkanes of at least 4 members (excludes halogenated alkanes) is 2. The van der Waals surface area contributed by atoms with Crippen LogP contribution >= 0.6 is 0 Å². The molecule has 2 aromatic rings. The first-order valence-electron chi connectivity index (χ1n) is 11.9. The second-order valence-electron chi connectivity index (χ2n) is 8.54. The molecule has 3 rings (SSSR count). The molecule has 0 aliphatic carbocycles. The molecule has 0 atom stereocenters. The van der Waals surface area contributed by atoms with Crippen molar-refractivity contribution in [3.8, 4) is 5.75 Å². The van der Waals surface area contributed by atoms with Crippen LogP contribution in [0.3, 0.4) is 0 Å². The van der Waals surface area contributed by atoms with Crippen LogP contribution in [0, 0.1) is 6.92 Å². The molecule has 176 valence electrons. The smallest absolute Gasteiger partial charge is 0.256 e. The third-order valence-electron chi connectivity index (χ3n) is 5.99. The summed E-state index contributed by atoms with van der Waals surface area (Å²) in [5.74, 6) is 0.905. The number of hydrogen-bond acceptors (Lipinski definition) is 4. The Bertz CT molecular complexity index is 976. The fourth-order valence-corrected chi connectivity index (χ4v) is 3.99. The van der Waals surface area contributed by atoms with Crippen molar-refractivity contribution in [2.24, 2.45) is 0 Å². The fraction of sp³-hybridized carbons (Fsp3) is 0.444. The number of anilines is 1. The maximum atomic E-state index is 12.8. The number of piperidine rings is 1. The molecule has 2 aromatic carbocycles. The van der Waals surface area contributed by atoms with E-state index in [4.69, 9.17) is 4.74 Å². The van der Waals surface area contributed by atoms with Gasteiger partial charge in [0.15, 0.2) is 0 Å². The van der Waals surface area contributed by atoms with Gasteiger partial charge in [0, 0.05) is 37.9 Å². The van der Waals surface area contributed by atoms with Crippen LogP contribution in [0.2, 0.25) is 0 Å². The summed E-state index contributed by atoms with van der Waals surface area (Å²) in [7, 11) is 0. The van der Waals surface area contributed by atoms with E-state index in [0.29, 0.717) is 56.0 Å². The lowest BCUT2D eigenvalue weighted by molar-refractivity contribution is -0.134. The predicted molar refractivity (Wildman–Crippen MR) is 130 cm³/mol. The lowest BCUT2D eigenvalue weighted by Crippen LogP contribution is -2.38. The Kier molecular flexibility index (Phi) is 9.04. The van der Waals surface area contributed by atoms with Crippen molar-refractivity contribution in [2.45, 2.75) is 58.8 Å². The van der Waals surface area contributed by atoms with Crippen molar-refractivity contribution in [3.05, 3.63) is 59.2 Å². The minimum Gasteiger partial charge on any atom is -0.491 e. The fourth-order valence-electron chi connectivity index (χ4n) is 3.99. The summed E-state index contributed by atoms with van der Waals surface area (Å²) in [5, 5.41) is 3.00. The van der Waals surface area contributed by atoms with Crippen molar-refractivity contribution in [1.82, 2.24) is 4.90 Å². The van der Waals surface area contributed by atoms with Gasteiger partial charge in [0.1, 0.15) is 11.5 Å². The summed E-state index contributed by atoms with van der Waals surface area (Å²) in [6.07, 6.45) is 4.79. The first kappa shape index (κ1) is 24.5. The van der Waals surface area contributed by atoms with Crippen molar-refractivity contribution in [3.63, 3.8) is 0 Å². The average molecular weight is 451 g/mol. The molecule has 0 saturated carbocycles. The molecule has 1 fully saturated rings. The largest absolute Gasteiger partial charge is 0.491 e. The Balaban J connectivity index is 1.46. The zero-order chi connectivity index (χ0) is 23.6. The van der Waals surface area contributed by atoms with Gasteiger partial charge in [0.25, 0.3) is 5.91 Å². The SMILES string of the molecule is CCc1ccccc1C(=O)Nc1ccc(C)cc1OCCCCCC(=O)N1CCC(=O)CC1. The minimum atomic E-state index is -0.140. The number of carbonyl (C=O) groups excluding carboxylic acids is 3. The maximum Gasteiger partial charge on any atom is 0.256 e. The highest BCUT2D eigenvalue weighted by Gasteiger charge is 2.20. The highest BCUT2D eigenvalue weighted by Crippen LogP contribution is 2.27. The van der Waals surface area contributed by atoms with Gasteiger partial charge in [-0.3, -0.25) is 14.4 Å². The Morgan fingerprint density at radius 2 is 1.79 bits per heavy atom. The highest BCUT2D eigenvalue weighted by molar-refractivity contribution is 6.06. The van der Waals surface area contributed by atoms with Gasteiger partial charge in [0.2, 0.25) is 5.91 Å². The van der Waals surface area contributed by atoms with Crippen LogP contribution < -0.4 is 10.1 Å². The predicted octanol–water partition coefficient (Wildman–Crippen LogP) is 4.94. The highest BCUT2D eigenvalue weighted by atomic mass is 16.5. The van der Waals surface area contributed by atoms with E-state index in [0.717, 1.165) is 36.8 Å². The number of rotatable bonds is 10. The number of nitrogens with zero attached hydrogens (tertiary/aromatic N) is 1. The summed E-state index contributed by atoms with van der Waals surface area (Å²) in [6.45, 7) is 5.67. The van der Waals surface area contributed by atoms with Crippen molar-refractivity contribution < 1.29 is 19.1 Å². The monoisotopic (exact) mass is 450 g/mol. The Hall–Kier alpha value is -3.15. The van der Waals surface area contributed by atoms with E-state index < -0.39 is 0 Å². The van der Waals surface area contributed by atoms with E-state index in [1.165, 1.54) is 0 Å². The third kappa shape index (κ3) is 7.17. The zero-order valence-electron chi connectivity index (χ0n) is 19.7. The Morgan fingerprint density at radius 3 is 2.55 bits per heavy atom. The molecule has 1 aliphatic rings. The molecule has 1 saturated heterocycles. The van der Waals surface area contributed by atoms with Crippen LogP contribution in [0.15, 0.2) is 42.5 Å². The van der Waals surface area contributed by atoms with Crippen LogP contribution in [0.4, 0.5) is 5.69 Å². The van der Waals surface area contributed by atoms with Gasteiger partial charge >= 0.3 is 0 Å². The van der Waals surface area contributed by atoms with E-state index in [9.17, 15) is 14.4 Å². The van der Waals surface area contributed by atoms with Crippen LogP contribution in [0.1, 0.15) is 66.9 Å². The number of ketones is 1.